The minimum Gasteiger partial charge on any atom is -0.355 e. The molecule has 1 aliphatic heterocycles. The Morgan fingerprint density at radius 2 is 2.33 bits per heavy atom. The Kier molecular flexibility index (Phi) is 5.65. The fourth-order valence-electron chi connectivity index (χ4n) is 2.15. The van der Waals surface area contributed by atoms with Crippen molar-refractivity contribution < 1.29 is 4.79 Å². The predicted molar refractivity (Wildman–Crippen MR) is 61.8 cm³/mol. The monoisotopic (exact) mass is 213 g/mol. The molecule has 0 radical (unpaired) electrons. The maximum absolute atomic E-state index is 11.2. The number of amides is 1. The van der Waals surface area contributed by atoms with Gasteiger partial charge in [-0.25, -0.2) is 0 Å². The van der Waals surface area contributed by atoms with Crippen molar-refractivity contribution >= 4 is 5.91 Å². The molecule has 1 amide bonds. The second-order valence-electron chi connectivity index (χ2n) is 4.44. The normalized spacial score (nSPS) is 22.7. The average Bonchev–Trinajstić information content (AvgIpc) is 2.18. The molecular weight excluding hydrogens is 190 g/mol. The molecule has 1 unspecified atom stereocenters. The first-order valence-corrected chi connectivity index (χ1v) is 5.82. The lowest BCUT2D eigenvalue weighted by molar-refractivity contribution is -0.120. The lowest BCUT2D eigenvalue weighted by Crippen LogP contribution is -2.36. The summed E-state index contributed by atoms with van der Waals surface area (Å²) in [4.78, 5) is 13.5. The molecule has 1 aliphatic rings. The van der Waals surface area contributed by atoms with Crippen LogP contribution >= 0.6 is 0 Å². The van der Waals surface area contributed by atoms with Crippen molar-refractivity contribution in [3.05, 3.63) is 0 Å². The zero-order chi connectivity index (χ0) is 11.1. The number of hydrogen-bond acceptors (Lipinski definition) is 3. The maximum Gasteiger partial charge on any atom is 0.233 e. The third-order valence-electron chi connectivity index (χ3n) is 2.93. The van der Waals surface area contributed by atoms with Crippen molar-refractivity contribution in [2.45, 2.75) is 19.3 Å². The molecule has 0 spiro atoms. The molecule has 1 atom stereocenters. The van der Waals surface area contributed by atoms with Gasteiger partial charge in [-0.1, -0.05) is 0 Å². The van der Waals surface area contributed by atoms with Crippen molar-refractivity contribution in [2.24, 2.45) is 5.92 Å². The van der Waals surface area contributed by atoms with E-state index in [4.69, 9.17) is 0 Å². The van der Waals surface area contributed by atoms with Gasteiger partial charge in [0.05, 0.1) is 6.54 Å². The van der Waals surface area contributed by atoms with Gasteiger partial charge in [0.1, 0.15) is 0 Å². The van der Waals surface area contributed by atoms with Crippen LogP contribution in [0.5, 0.6) is 0 Å². The molecule has 0 aromatic carbocycles. The summed E-state index contributed by atoms with van der Waals surface area (Å²) in [5.74, 6) is 0.861. The van der Waals surface area contributed by atoms with Gasteiger partial charge in [0.2, 0.25) is 5.91 Å². The number of likely N-dealkylation sites (N-methyl/N-ethyl adjacent to an activating group) is 1. The second-order valence-corrected chi connectivity index (χ2v) is 4.44. The van der Waals surface area contributed by atoms with E-state index in [9.17, 15) is 4.79 Å². The zero-order valence-corrected chi connectivity index (χ0v) is 9.88. The molecule has 0 aliphatic carbocycles. The highest BCUT2D eigenvalue weighted by atomic mass is 16.1. The quantitative estimate of drug-likeness (QED) is 0.678. The topological polar surface area (TPSA) is 44.4 Å². The first-order chi connectivity index (χ1) is 7.22. The number of carbonyl (C=O) groups excluding carboxylic acids is 1. The smallest absolute Gasteiger partial charge is 0.233 e. The van der Waals surface area contributed by atoms with Crippen LogP contribution in [0.2, 0.25) is 0 Å². The summed E-state index contributed by atoms with van der Waals surface area (Å²) in [6.45, 7) is 3.65. The number of likely N-dealkylation sites (tertiary alicyclic amines) is 1. The molecule has 1 rings (SSSR count). The number of nitrogens with zero attached hydrogens (tertiary/aromatic N) is 1. The first-order valence-electron chi connectivity index (χ1n) is 5.82. The highest BCUT2D eigenvalue weighted by Crippen LogP contribution is 2.17. The van der Waals surface area contributed by atoms with Crippen LogP contribution in [0.4, 0.5) is 0 Å². The van der Waals surface area contributed by atoms with Crippen LogP contribution in [0, 0.1) is 5.92 Å². The second kappa shape index (κ2) is 6.80. The standard InChI is InChI=1S/C11H23N3O/c1-12-8-11(15)13-6-5-10-4-3-7-14(2)9-10/h10,12H,3-9H2,1-2H3,(H,13,15). The van der Waals surface area contributed by atoms with Crippen LogP contribution in [-0.4, -0.2) is 51.1 Å². The van der Waals surface area contributed by atoms with E-state index in [1.54, 1.807) is 7.05 Å². The molecule has 0 saturated carbocycles. The Bertz CT molecular complexity index is 196. The first kappa shape index (κ1) is 12.5. The third kappa shape index (κ3) is 5.14. The van der Waals surface area contributed by atoms with Crippen LogP contribution in [0.3, 0.4) is 0 Å². The van der Waals surface area contributed by atoms with E-state index in [1.165, 1.54) is 25.9 Å². The van der Waals surface area contributed by atoms with Crippen molar-refractivity contribution in [1.29, 1.82) is 0 Å². The molecule has 1 heterocycles. The maximum atomic E-state index is 11.2. The fraction of sp³-hybridized carbons (Fsp3) is 0.909. The van der Waals surface area contributed by atoms with Crippen molar-refractivity contribution in [3.8, 4) is 0 Å². The molecule has 0 bridgehead atoms. The number of rotatable bonds is 5. The molecule has 1 saturated heterocycles. The minimum absolute atomic E-state index is 0.0988. The molecule has 0 aromatic rings. The molecule has 4 nitrogen and oxygen atoms in total. The van der Waals surface area contributed by atoms with Gasteiger partial charge in [0.15, 0.2) is 0 Å². The number of nitrogens with one attached hydrogen (secondary N) is 2. The summed E-state index contributed by atoms with van der Waals surface area (Å²) in [5, 5.41) is 5.77. The van der Waals surface area contributed by atoms with E-state index < -0.39 is 0 Å². The van der Waals surface area contributed by atoms with Gasteiger partial charge in [0, 0.05) is 13.1 Å². The van der Waals surface area contributed by atoms with Crippen molar-refractivity contribution in [1.82, 2.24) is 15.5 Å². The van der Waals surface area contributed by atoms with E-state index in [0.29, 0.717) is 6.54 Å². The van der Waals surface area contributed by atoms with Gasteiger partial charge in [0.25, 0.3) is 0 Å². The van der Waals surface area contributed by atoms with E-state index in [1.807, 2.05) is 0 Å². The van der Waals surface area contributed by atoms with E-state index in [2.05, 4.69) is 22.6 Å². The summed E-state index contributed by atoms with van der Waals surface area (Å²) < 4.78 is 0. The average molecular weight is 213 g/mol. The highest BCUT2D eigenvalue weighted by Gasteiger charge is 2.16. The Morgan fingerprint density at radius 1 is 1.53 bits per heavy atom. The van der Waals surface area contributed by atoms with Gasteiger partial charge in [-0.2, -0.15) is 0 Å². The molecule has 15 heavy (non-hydrogen) atoms. The summed E-state index contributed by atoms with van der Waals surface area (Å²) >= 11 is 0. The van der Waals surface area contributed by atoms with Gasteiger partial charge in [-0.3, -0.25) is 4.79 Å². The van der Waals surface area contributed by atoms with Gasteiger partial charge in [-0.05, 0) is 45.8 Å². The van der Waals surface area contributed by atoms with Crippen LogP contribution in [0.25, 0.3) is 0 Å². The Hall–Kier alpha value is -0.610. The van der Waals surface area contributed by atoms with Gasteiger partial charge in [-0.15, -0.1) is 0 Å². The Labute approximate surface area is 92.4 Å². The molecular formula is C11H23N3O. The zero-order valence-electron chi connectivity index (χ0n) is 9.88. The number of piperidine rings is 1. The van der Waals surface area contributed by atoms with Crippen molar-refractivity contribution in [2.75, 3.05) is 40.3 Å². The third-order valence-corrected chi connectivity index (χ3v) is 2.93. The Morgan fingerprint density at radius 3 is 3.00 bits per heavy atom. The number of hydrogen-bond donors (Lipinski definition) is 2. The number of carbonyl (C=O) groups is 1. The largest absolute Gasteiger partial charge is 0.355 e. The summed E-state index contributed by atoms with van der Waals surface area (Å²) in [6, 6.07) is 0. The van der Waals surface area contributed by atoms with Crippen LogP contribution in [0.15, 0.2) is 0 Å². The lowest BCUT2D eigenvalue weighted by Gasteiger charge is -2.29. The summed E-state index contributed by atoms with van der Waals surface area (Å²) in [7, 11) is 3.96. The van der Waals surface area contributed by atoms with Crippen LogP contribution in [-0.2, 0) is 4.79 Å². The minimum atomic E-state index is 0.0988. The van der Waals surface area contributed by atoms with Crippen LogP contribution < -0.4 is 10.6 Å². The highest BCUT2D eigenvalue weighted by molar-refractivity contribution is 5.77. The SMILES string of the molecule is CNCC(=O)NCCC1CCCN(C)C1. The molecule has 0 aromatic heterocycles. The van der Waals surface area contributed by atoms with Crippen LogP contribution in [0.1, 0.15) is 19.3 Å². The summed E-state index contributed by atoms with van der Waals surface area (Å²) in [6.07, 6.45) is 3.72. The molecule has 2 N–H and O–H groups in total. The predicted octanol–water partition coefficient (Wildman–Crippen LogP) is 0.0539. The van der Waals surface area contributed by atoms with Gasteiger partial charge >= 0.3 is 0 Å². The molecule has 4 heteroatoms. The van der Waals surface area contributed by atoms with Gasteiger partial charge < -0.3 is 15.5 Å². The van der Waals surface area contributed by atoms with E-state index in [-0.39, 0.29) is 5.91 Å². The summed E-state index contributed by atoms with van der Waals surface area (Å²) in [5.41, 5.74) is 0. The molecule has 88 valence electrons. The van der Waals surface area contributed by atoms with Crippen molar-refractivity contribution in [3.63, 3.8) is 0 Å². The molecule has 1 fully saturated rings. The lowest BCUT2D eigenvalue weighted by atomic mass is 9.95. The van der Waals surface area contributed by atoms with E-state index >= 15 is 0 Å². The van der Waals surface area contributed by atoms with E-state index in [0.717, 1.165) is 18.9 Å². The Balaban J connectivity index is 2.06. The fourth-order valence-corrected chi connectivity index (χ4v) is 2.15.